The number of nitrogens with zero attached hydrogens (tertiary/aromatic N) is 1. The Morgan fingerprint density at radius 2 is 1.89 bits per heavy atom. The number of anilines is 2. The highest BCUT2D eigenvalue weighted by molar-refractivity contribution is 7.13. The van der Waals surface area contributed by atoms with Gasteiger partial charge < -0.3 is 11.1 Å². The average molecular weight is 276 g/mol. The Balaban J connectivity index is 2.05. The molecule has 2 rings (SSSR count). The lowest BCUT2D eigenvalue weighted by Crippen LogP contribution is -2.19. The van der Waals surface area contributed by atoms with Crippen LogP contribution in [0.3, 0.4) is 0 Å². The Bertz CT molecular complexity index is 606. The van der Waals surface area contributed by atoms with Crippen molar-refractivity contribution in [2.45, 2.75) is 6.92 Å². The zero-order chi connectivity index (χ0) is 13.8. The number of hydrogen-bond acceptors (Lipinski definition) is 4. The van der Waals surface area contributed by atoms with Crippen LogP contribution in [0.4, 0.5) is 15.6 Å². The maximum Gasteiger partial charge on any atom is 0.316 e. The number of rotatable bonds is 3. The van der Waals surface area contributed by atoms with Crippen LogP contribution in [-0.4, -0.2) is 16.9 Å². The first-order valence-corrected chi connectivity index (χ1v) is 6.32. The quantitative estimate of drug-likeness (QED) is 0.801. The number of nitrogens with one attached hydrogen (secondary N) is 2. The molecule has 0 radical (unpaired) electrons. The molecule has 2 aromatic rings. The van der Waals surface area contributed by atoms with Crippen LogP contribution in [0.15, 0.2) is 29.6 Å². The molecule has 0 aliphatic rings. The maximum absolute atomic E-state index is 11.9. The number of amides is 3. The maximum atomic E-state index is 11.9. The summed E-state index contributed by atoms with van der Waals surface area (Å²) >= 11 is 1.37. The summed E-state index contributed by atoms with van der Waals surface area (Å²) in [5.41, 5.74) is 6.86. The van der Waals surface area contributed by atoms with Gasteiger partial charge in [0.1, 0.15) is 0 Å². The molecule has 0 aliphatic carbocycles. The van der Waals surface area contributed by atoms with Crippen molar-refractivity contribution in [3.8, 4) is 0 Å². The van der Waals surface area contributed by atoms with E-state index in [4.69, 9.17) is 5.73 Å². The van der Waals surface area contributed by atoms with Gasteiger partial charge in [0.25, 0.3) is 5.91 Å². The molecule has 1 aromatic heterocycles. The van der Waals surface area contributed by atoms with Gasteiger partial charge in [-0.05, 0) is 31.2 Å². The van der Waals surface area contributed by atoms with Crippen LogP contribution in [0.25, 0.3) is 0 Å². The average Bonchev–Trinajstić information content (AvgIpc) is 2.75. The predicted octanol–water partition coefficient (Wildman–Crippen LogP) is 2.19. The Labute approximate surface area is 113 Å². The molecule has 0 atom stereocenters. The summed E-state index contributed by atoms with van der Waals surface area (Å²) in [5.74, 6) is -0.250. The summed E-state index contributed by atoms with van der Waals surface area (Å²) in [4.78, 5) is 26.7. The molecule has 7 heteroatoms. The number of carbonyl (C=O) groups is 2. The minimum absolute atomic E-state index is 0.250. The smallest absolute Gasteiger partial charge is 0.316 e. The van der Waals surface area contributed by atoms with Crippen molar-refractivity contribution >= 4 is 34.1 Å². The van der Waals surface area contributed by atoms with E-state index < -0.39 is 6.03 Å². The van der Waals surface area contributed by atoms with Gasteiger partial charge in [0.2, 0.25) is 0 Å². The van der Waals surface area contributed by atoms with Gasteiger partial charge in [-0.3, -0.25) is 10.1 Å². The van der Waals surface area contributed by atoms with E-state index >= 15 is 0 Å². The third kappa shape index (κ3) is 3.52. The Morgan fingerprint density at radius 3 is 2.42 bits per heavy atom. The number of aromatic nitrogens is 1. The van der Waals surface area contributed by atoms with Crippen LogP contribution in [0.2, 0.25) is 0 Å². The third-order valence-electron chi connectivity index (χ3n) is 2.25. The Morgan fingerprint density at radius 1 is 1.21 bits per heavy atom. The summed E-state index contributed by atoms with van der Waals surface area (Å²) in [7, 11) is 0. The number of thiazole rings is 1. The molecule has 0 unspecified atom stereocenters. The SMILES string of the molecule is Cc1csc(NC(=O)c2ccc(NC(N)=O)cc2)n1. The highest BCUT2D eigenvalue weighted by Crippen LogP contribution is 2.16. The fourth-order valence-electron chi connectivity index (χ4n) is 1.43. The zero-order valence-corrected chi connectivity index (χ0v) is 11.0. The van der Waals surface area contributed by atoms with E-state index in [1.54, 1.807) is 24.3 Å². The number of benzene rings is 1. The van der Waals surface area contributed by atoms with Gasteiger partial charge in [0.05, 0.1) is 5.69 Å². The number of aryl methyl sites for hydroxylation is 1. The van der Waals surface area contributed by atoms with E-state index in [1.807, 2.05) is 12.3 Å². The molecule has 0 aliphatic heterocycles. The third-order valence-corrected chi connectivity index (χ3v) is 3.13. The molecule has 1 heterocycles. The molecule has 98 valence electrons. The second-order valence-electron chi connectivity index (χ2n) is 3.81. The van der Waals surface area contributed by atoms with Crippen LogP contribution < -0.4 is 16.4 Å². The molecular weight excluding hydrogens is 264 g/mol. The van der Waals surface area contributed by atoms with E-state index in [-0.39, 0.29) is 5.91 Å². The largest absolute Gasteiger partial charge is 0.351 e. The lowest BCUT2D eigenvalue weighted by molar-refractivity contribution is 0.102. The van der Waals surface area contributed by atoms with Crippen molar-refractivity contribution in [1.82, 2.24) is 4.98 Å². The van der Waals surface area contributed by atoms with E-state index in [2.05, 4.69) is 15.6 Å². The lowest BCUT2D eigenvalue weighted by Gasteiger charge is -2.04. The second-order valence-corrected chi connectivity index (χ2v) is 4.67. The van der Waals surface area contributed by atoms with Crippen LogP contribution in [0, 0.1) is 6.92 Å². The minimum atomic E-state index is -0.643. The molecule has 1 aromatic carbocycles. The number of nitrogens with two attached hydrogens (primary N) is 1. The predicted molar refractivity (Wildman–Crippen MR) is 74.5 cm³/mol. The van der Waals surface area contributed by atoms with Gasteiger partial charge >= 0.3 is 6.03 Å². The monoisotopic (exact) mass is 276 g/mol. The van der Waals surface area contributed by atoms with Crippen molar-refractivity contribution in [1.29, 1.82) is 0 Å². The van der Waals surface area contributed by atoms with Crippen molar-refractivity contribution in [3.05, 3.63) is 40.9 Å². The normalized spacial score (nSPS) is 9.95. The first-order chi connectivity index (χ1) is 9.04. The van der Waals surface area contributed by atoms with Gasteiger partial charge in [-0.25, -0.2) is 9.78 Å². The van der Waals surface area contributed by atoms with E-state index in [0.29, 0.717) is 16.4 Å². The summed E-state index contributed by atoms with van der Waals surface area (Å²) in [6.07, 6.45) is 0. The van der Waals surface area contributed by atoms with Crippen molar-refractivity contribution in [3.63, 3.8) is 0 Å². The van der Waals surface area contributed by atoms with Crippen LogP contribution in [0.5, 0.6) is 0 Å². The van der Waals surface area contributed by atoms with Crippen molar-refractivity contribution in [2.75, 3.05) is 10.6 Å². The molecule has 19 heavy (non-hydrogen) atoms. The van der Waals surface area contributed by atoms with E-state index in [9.17, 15) is 9.59 Å². The van der Waals surface area contributed by atoms with E-state index in [1.165, 1.54) is 11.3 Å². The van der Waals surface area contributed by atoms with Gasteiger partial charge in [0, 0.05) is 16.6 Å². The topological polar surface area (TPSA) is 97.1 Å². The zero-order valence-electron chi connectivity index (χ0n) is 10.1. The minimum Gasteiger partial charge on any atom is -0.351 e. The molecule has 0 bridgehead atoms. The molecular formula is C12H12N4O2S. The van der Waals surface area contributed by atoms with Crippen LogP contribution >= 0.6 is 11.3 Å². The van der Waals surface area contributed by atoms with Crippen molar-refractivity contribution in [2.24, 2.45) is 5.73 Å². The Hall–Kier alpha value is -2.41. The Kier molecular flexibility index (Phi) is 3.76. The lowest BCUT2D eigenvalue weighted by atomic mass is 10.2. The molecule has 3 amide bonds. The van der Waals surface area contributed by atoms with E-state index in [0.717, 1.165) is 5.69 Å². The number of primary amides is 1. The van der Waals surface area contributed by atoms with Gasteiger partial charge in [-0.15, -0.1) is 11.3 Å². The van der Waals surface area contributed by atoms with Gasteiger partial charge in [0.15, 0.2) is 5.13 Å². The highest BCUT2D eigenvalue weighted by Gasteiger charge is 2.08. The fraction of sp³-hybridized carbons (Fsp3) is 0.0833. The number of urea groups is 1. The second kappa shape index (κ2) is 5.49. The molecule has 0 saturated carbocycles. The summed E-state index contributed by atoms with van der Waals surface area (Å²) in [6.45, 7) is 1.86. The molecule has 0 fully saturated rings. The number of carbonyl (C=O) groups excluding carboxylic acids is 2. The highest BCUT2D eigenvalue weighted by atomic mass is 32.1. The summed E-state index contributed by atoms with van der Waals surface area (Å²) in [5, 5.41) is 7.53. The van der Waals surface area contributed by atoms with Crippen LogP contribution in [-0.2, 0) is 0 Å². The van der Waals surface area contributed by atoms with Gasteiger partial charge in [-0.2, -0.15) is 0 Å². The summed E-state index contributed by atoms with van der Waals surface area (Å²) in [6, 6.07) is 5.76. The first-order valence-electron chi connectivity index (χ1n) is 5.44. The van der Waals surface area contributed by atoms with Crippen LogP contribution in [0.1, 0.15) is 16.1 Å². The standard InChI is InChI=1S/C12H12N4O2S/c1-7-6-19-12(14-7)16-10(17)8-2-4-9(5-3-8)15-11(13)18/h2-6H,1H3,(H3,13,15,18)(H,14,16,17). The fourth-order valence-corrected chi connectivity index (χ4v) is 2.11. The van der Waals surface area contributed by atoms with Crippen molar-refractivity contribution < 1.29 is 9.59 Å². The number of hydrogen-bond donors (Lipinski definition) is 3. The molecule has 0 spiro atoms. The summed E-state index contributed by atoms with van der Waals surface area (Å²) < 4.78 is 0. The van der Waals surface area contributed by atoms with Gasteiger partial charge in [-0.1, -0.05) is 0 Å². The first kappa shape index (κ1) is 13.0. The molecule has 6 nitrogen and oxygen atoms in total. The molecule has 4 N–H and O–H groups in total. The molecule has 0 saturated heterocycles.